The molecule has 1 amide bonds. The number of benzene rings is 1. The average Bonchev–Trinajstić information content (AvgIpc) is 2.37. The molecule has 102 valence electrons. The highest BCUT2D eigenvalue weighted by Crippen LogP contribution is 2.24. The third-order valence-electron chi connectivity index (χ3n) is 2.71. The number of rotatable bonds is 6. The topological polar surface area (TPSA) is 104 Å². The summed E-state index contributed by atoms with van der Waals surface area (Å²) in [6, 6.07) is 2.77. The van der Waals surface area contributed by atoms with Crippen LogP contribution in [0.15, 0.2) is 23.3 Å². The second-order valence-corrected chi connectivity index (χ2v) is 3.99. The fourth-order valence-electron chi connectivity index (χ4n) is 1.60. The van der Waals surface area contributed by atoms with Gasteiger partial charge in [0, 0.05) is 23.6 Å². The van der Waals surface area contributed by atoms with E-state index in [1.807, 2.05) is 0 Å². The van der Waals surface area contributed by atoms with Crippen LogP contribution in [0, 0.1) is 11.6 Å². The molecule has 0 heterocycles. The highest BCUT2D eigenvalue weighted by molar-refractivity contribution is 5.85. The number of azide groups is 1. The van der Waals surface area contributed by atoms with E-state index in [9.17, 15) is 13.6 Å². The monoisotopic (exact) mass is 269 g/mol. The first kappa shape index (κ1) is 14.9. The molecule has 6 nitrogen and oxygen atoms in total. The van der Waals surface area contributed by atoms with Gasteiger partial charge >= 0.3 is 0 Å². The minimum Gasteiger partial charge on any atom is -0.368 e. The zero-order chi connectivity index (χ0) is 14.5. The zero-order valence-electron chi connectivity index (χ0n) is 10.2. The normalized spacial score (nSPS) is 13.4. The first-order valence-corrected chi connectivity index (χ1v) is 5.43. The molecule has 8 heteroatoms. The first-order chi connectivity index (χ1) is 8.91. The molecule has 1 unspecified atom stereocenters. The number of amides is 1. The lowest BCUT2D eigenvalue weighted by molar-refractivity contribution is -0.124. The Labute approximate surface area is 108 Å². The van der Waals surface area contributed by atoms with Gasteiger partial charge in [-0.25, -0.2) is 8.78 Å². The van der Waals surface area contributed by atoms with E-state index >= 15 is 0 Å². The summed E-state index contributed by atoms with van der Waals surface area (Å²) in [7, 11) is 0. The van der Waals surface area contributed by atoms with Crippen molar-refractivity contribution in [1.82, 2.24) is 5.32 Å². The second kappa shape index (κ2) is 6.12. The summed E-state index contributed by atoms with van der Waals surface area (Å²) < 4.78 is 26.9. The zero-order valence-corrected chi connectivity index (χ0v) is 10.2. The van der Waals surface area contributed by atoms with Gasteiger partial charge in [-0.05, 0) is 30.7 Å². The Morgan fingerprint density at radius 3 is 2.84 bits per heavy atom. The number of carbonyl (C=O) groups is 1. The van der Waals surface area contributed by atoms with E-state index in [2.05, 4.69) is 15.3 Å². The van der Waals surface area contributed by atoms with Crippen molar-refractivity contribution in [3.63, 3.8) is 0 Å². The summed E-state index contributed by atoms with van der Waals surface area (Å²) in [6.07, 6.45) is 0. The van der Waals surface area contributed by atoms with Crippen LogP contribution >= 0.6 is 0 Å². The maximum absolute atomic E-state index is 13.7. The van der Waals surface area contributed by atoms with Crippen LogP contribution in [0.1, 0.15) is 12.5 Å². The summed E-state index contributed by atoms with van der Waals surface area (Å²) >= 11 is 0. The van der Waals surface area contributed by atoms with Crippen molar-refractivity contribution in [2.24, 2.45) is 10.8 Å². The quantitative estimate of drug-likeness (QED) is 0.354. The van der Waals surface area contributed by atoms with Crippen molar-refractivity contribution >= 4 is 5.91 Å². The fourth-order valence-corrected chi connectivity index (χ4v) is 1.60. The maximum atomic E-state index is 13.7. The third-order valence-corrected chi connectivity index (χ3v) is 2.71. The highest BCUT2D eigenvalue weighted by atomic mass is 19.1. The van der Waals surface area contributed by atoms with Gasteiger partial charge in [-0.15, -0.1) is 0 Å². The lowest BCUT2D eigenvalue weighted by Crippen LogP contribution is -2.51. The van der Waals surface area contributed by atoms with Crippen molar-refractivity contribution in [3.8, 4) is 0 Å². The minimum atomic E-state index is -1.59. The predicted molar refractivity (Wildman–Crippen MR) is 64.9 cm³/mol. The molecule has 0 aromatic heterocycles. The molecule has 1 aromatic carbocycles. The SMILES string of the molecule is CC(NCCN=[N+]=[N-])(C(N)=O)c1cc(F)ccc1F. The van der Waals surface area contributed by atoms with Crippen LogP contribution in [0.5, 0.6) is 0 Å². The van der Waals surface area contributed by atoms with Gasteiger partial charge in [0.05, 0.1) is 0 Å². The molecule has 0 bridgehead atoms. The summed E-state index contributed by atoms with van der Waals surface area (Å²) in [5.41, 5.74) is 11.6. The molecule has 0 spiro atoms. The van der Waals surface area contributed by atoms with Gasteiger partial charge in [-0.1, -0.05) is 5.11 Å². The lowest BCUT2D eigenvalue weighted by Gasteiger charge is -2.28. The maximum Gasteiger partial charge on any atom is 0.242 e. The van der Waals surface area contributed by atoms with Gasteiger partial charge in [-0.3, -0.25) is 10.1 Å². The molecule has 0 aliphatic carbocycles. The molecule has 1 aromatic rings. The van der Waals surface area contributed by atoms with E-state index in [4.69, 9.17) is 11.3 Å². The second-order valence-electron chi connectivity index (χ2n) is 3.99. The van der Waals surface area contributed by atoms with Gasteiger partial charge in [0.2, 0.25) is 5.91 Å². The van der Waals surface area contributed by atoms with E-state index in [-0.39, 0.29) is 18.7 Å². The first-order valence-electron chi connectivity index (χ1n) is 5.43. The van der Waals surface area contributed by atoms with Crippen LogP contribution in [0.2, 0.25) is 0 Å². The summed E-state index contributed by atoms with van der Waals surface area (Å²) in [6.45, 7) is 1.49. The van der Waals surface area contributed by atoms with Gasteiger partial charge in [0.25, 0.3) is 0 Å². The van der Waals surface area contributed by atoms with Crippen LogP contribution < -0.4 is 11.1 Å². The van der Waals surface area contributed by atoms with Gasteiger partial charge in [0.15, 0.2) is 0 Å². The lowest BCUT2D eigenvalue weighted by atomic mass is 9.90. The molecule has 0 fully saturated rings. The van der Waals surface area contributed by atoms with Crippen molar-refractivity contribution in [2.75, 3.05) is 13.1 Å². The van der Waals surface area contributed by atoms with Gasteiger partial charge in [0.1, 0.15) is 17.2 Å². The van der Waals surface area contributed by atoms with Crippen molar-refractivity contribution < 1.29 is 13.6 Å². The summed E-state index contributed by atoms with van der Waals surface area (Å²) in [5.74, 6) is -2.29. The molecule has 0 aliphatic heterocycles. The van der Waals surface area contributed by atoms with E-state index in [0.29, 0.717) is 0 Å². The predicted octanol–water partition coefficient (Wildman–Crippen LogP) is 1.57. The molecular weight excluding hydrogens is 256 g/mol. The Kier molecular flexibility index (Phi) is 4.80. The van der Waals surface area contributed by atoms with E-state index in [1.54, 1.807) is 0 Å². The van der Waals surface area contributed by atoms with Crippen molar-refractivity contribution in [2.45, 2.75) is 12.5 Å². The Bertz CT molecular complexity index is 530. The van der Waals surface area contributed by atoms with E-state index < -0.39 is 23.1 Å². The van der Waals surface area contributed by atoms with Gasteiger partial charge in [-0.2, -0.15) is 0 Å². The molecule has 0 aliphatic rings. The number of primary amides is 1. The Morgan fingerprint density at radius 2 is 2.26 bits per heavy atom. The third kappa shape index (κ3) is 3.40. The molecule has 1 rings (SSSR count). The Hall–Kier alpha value is -2.18. The molecule has 0 radical (unpaired) electrons. The van der Waals surface area contributed by atoms with Crippen LogP contribution in [0.4, 0.5) is 8.78 Å². The molecule has 0 saturated carbocycles. The Morgan fingerprint density at radius 1 is 1.58 bits per heavy atom. The fraction of sp³-hybridized carbons (Fsp3) is 0.364. The summed E-state index contributed by atoms with van der Waals surface area (Å²) in [4.78, 5) is 14.1. The average molecular weight is 269 g/mol. The van der Waals surface area contributed by atoms with E-state index in [0.717, 1.165) is 18.2 Å². The number of nitrogens with two attached hydrogens (primary N) is 1. The molecule has 3 N–H and O–H groups in total. The number of nitrogens with one attached hydrogen (secondary N) is 1. The minimum absolute atomic E-state index is 0.0519. The largest absolute Gasteiger partial charge is 0.368 e. The molecule has 1 atom stereocenters. The van der Waals surface area contributed by atoms with Crippen LogP contribution in [0.3, 0.4) is 0 Å². The number of nitrogens with zero attached hydrogens (tertiary/aromatic N) is 3. The van der Waals surface area contributed by atoms with Crippen molar-refractivity contribution in [3.05, 3.63) is 45.8 Å². The Balaban J connectivity index is 3.07. The van der Waals surface area contributed by atoms with E-state index in [1.165, 1.54) is 6.92 Å². The summed E-state index contributed by atoms with van der Waals surface area (Å²) in [5, 5.41) is 5.93. The molecule has 19 heavy (non-hydrogen) atoms. The van der Waals surface area contributed by atoms with Crippen LogP contribution in [-0.4, -0.2) is 19.0 Å². The highest BCUT2D eigenvalue weighted by Gasteiger charge is 2.35. The van der Waals surface area contributed by atoms with Crippen LogP contribution in [0.25, 0.3) is 10.4 Å². The molecule has 0 saturated heterocycles. The standard InChI is InChI=1S/C11H13F2N5O/c1-11(10(14)19,16-4-5-17-18-15)8-6-7(12)2-3-9(8)13/h2-3,6,16H,4-5H2,1H3,(H2,14,19). The van der Waals surface area contributed by atoms with Crippen LogP contribution in [-0.2, 0) is 10.3 Å². The number of carbonyl (C=O) groups excluding carboxylic acids is 1. The van der Waals surface area contributed by atoms with Crippen molar-refractivity contribution in [1.29, 1.82) is 0 Å². The van der Waals surface area contributed by atoms with Gasteiger partial charge < -0.3 is 5.73 Å². The number of hydrogen-bond donors (Lipinski definition) is 2. The number of hydrogen-bond acceptors (Lipinski definition) is 3. The molecular formula is C11H13F2N5O. The smallest absolute Gasteiger partial charge is 0.242 e. The number of halogens is 2.